The molecule has 0 spiro atoms. The molecule has 1 rings (SSSR count). The number of nitrogens with one attached hydrogen (secondary N) is 1. The molecular formula is C15H22N2O2S. The number of benzene rings is 1. The molecule has 5 heteroatoms. The Kier molecular flexibility index (Phi) is 4.95. The number of nitrogens with zero attached hydrogens (tertiary/aromatic N) is 1. The molecule has 1 unspecified atom stereocenters. The lowest BCUT2D eigenvalue weighted by atomic mass is 9.82. The molecule has 0 aromatic heterocycles. The highest BCUT2D eigenvalue weighted by molar-refractivity contribution is 7.89. The van der Waals surface area contributed by atoms with Gasteiger partial charge in [-0.1, -0.05) is 33.8 Å². The van der Waals surface area contributed by atoms with Crippen molar-refractivity contribution in [2.24, 2.45) is 11.3 Å². The SMILES string of the molecule is Cc1ccc(C#N)cc1S(=O)(=O)NCC(C)C(C)(C)C. The van der Waals surface area contributed by atoms with Crippen molar-refractivity contribution >= 4 is 10.0 Å². The molecule has 0 saturated heterocycles. The summed E-state index contributed by atoms with van der Waals surface area (Å²) in [6.45, 7) is 10.3. The molecule has 0 radical (unpaired) electrons. The second kappa shape index (κ2) is 5.94. The standard InChI is InChI=1S/C15H22N2O2S/c1-11-6-7-13(9-16)8-14(11)20(18,19)17-10-12(2)15(3,4)5/h6-8,12,17H,10H2,1-5H3. The highest BCUT2D eigenvalue weighted by Gasteiger charge is 2.23. The highest BCUT2D eigenvalue weighted by atomic mass is 32.2. The fraction of sp³-hybridized carbons (Fsp3) is 0.533. The van der Waals surface area contributed by atoms with Crippen LogP contribution in [0.15, 0.2) is 23.1 Å². The third kappa shape index (κ3) is 4.06. The molecule has 110 valence electrons. The maximum atomic E-state index is 12.3. The van der Waals surface area contributed by atoms with E-state index in [4.69, 9.17) is 5.26 Å². The molecule has 0 aliphatic heterocycles. The van der Waals surface area contributed by atoms with E-state index in [1.807, 2.05) is 13.0 Å². The maximum Gasteiger partial charge on any atom is 0.240 e. The summed E-state index contributed by atoms with van der Waals surface area (Å²) in [7, 11) is -3.58. The van der Waals surface area contributed by atoms with E-state index in [0.717, 1.165) is 0 Å². The molecule has 0 fully saturated rings. The van der Waals surface area contributed by atoms with Gasteiger partial charge in [-0.3, -0.25) is 0 Å². The van der Waals surface area contributed by atoms with Gasteiger partial charge in [-0.05, 0) is 36.0 Å². The Hall–Kier alpha value is -1.38. The van der Waals surface area contributed by atoms with Crippen LogP contribution < -0.4 is 4.72 Å². The summed E-state index contributed by atoms with van der Waals surface area (Å²) >= 11 is 0. The lowest BCUT2D eigenvalue weighted by molar-refractivity contribution is 0.263. The number of aryl methyl sites for hydroxylation is 1. The second-order valence-corrected chi connectivity index (χ2v) is 7.95. The number of hydrogen-bond acceptors (Lipinski definition) is 3. The number of nitriles is 1. The Bertz CT molecular complexity index is 622. The van der Waals surface area contributed by atoms with Crippen molar-refractivity contribution in [3.05, 3.63) is 29.3 Å². The van der Waals surface area contributed by atoms with Crippen molar-refractivity contribution in [1.82, 2.24) is 4.72 Å². The van der Waals surface area contributed by atoms with Gasteiger partial charge in [-0.2, -0.15) is 5.26 Å². The summed E-state index contributed by atoms with van der Waals surface area (Å²) in [6.07, 6.45) is 0. The Morgan fingerprint density at radius 1 is 1.35 bits per heavy atom. The molecule has 0 saturated carbocycles. The van der Waals surface area contributed by atoms with Crippen molar-refractivity contribution in [3.8, 4) is 6.07 Å². The van der Waals surface area contributed by atoms with Crippen molar-refractivity contribution in [2.75, 3.05) is 6.54 Å². The van der Waals surface area contributed by atoms with Crippen LogP contribution in [-0.2, 0) is 10.0 Å². The topological polar surface area (TPSA) is 70.0 Å². The Labute approximate surface area is 121 Å². The first-order chi connectivity index (χ1) is 9.08. The normalized spacial score (nSPS) is 13.8. The van der Waals surface area contributed by atoms with E-state index in [9.17, 15) is 8.42 Å². The fourth-order valence-electron chi connectivity index (χ4n) is 1.58. The minimum Gasteiger partial charge on any atom is -0.211 e. The van der Waals surface area contributed by atoms with Gasteiger partial charge in [0.15, 0.2) is 0 Å². The van der Waals surface area contributed by atoms with E-state index >= 15 is 0 Å². The summed E-state index contributed by atoms with van der Waals surface area (Å²) in [5.41, 5.74) is 1.02. The molecule has 1 atom stereocenters. The number of rotatable bonds is 4. The van der Waals surface area contributed by atoms with Crippen LogP contribution in [0, 0.1) is 29.6 Å². The van der Waals surface area contributed by atoms with Crippen molar-refractivity contribution in [1.29, 1.82) is 5.26 Å². The van der Waals surface area contributed by atoms with Crippen LogP contribution in [0.3, 0.4) is 0 Å². The van der Waals surface area contributed by atoms with Crippen molar-refractivity contribution < 1.29 is 8.42 Å². The predicted molar refractivity (Wildman–Crippen MR) is 79.7 cm³/mol. The zero-order valence-electron chi connectivity index (χ0n) is 12.7. The first kappa shape index (κ1) is 16.7. The van der Waals surface area contributed by atoms with Crippen LogP contribution in [0.5, 0.6) is 0 Å². The van der Waals surface area contributed by atoms with Crippen molar-refractivity contribution in [2.45, 2.75) is 39.5 Å². The van der Waals surface area contributed by atoms with Crippen LogP contribution in [0.2, 0.25) is 0 Å². The molecule has 0 heterocycles. The van der Waals surface area contributed by atoms with E-state index in [0.29, 0.717) is 17.7 Å². The third-order valence-electron chi connectivity index (χ3n) is 3.66. The molecule has 1 N–H and O–H groups in total. The number of hydrogen-bond donors (Lipinski definition) is 1. The average molecular weight is 294 g/mol. The van der Waals surface area contributed by atoms with Gasteiger partial charge in [-0.15, -0.1) is 0 Å². The van der Waals surface area contributed by atoms with Gasteiger partial charge in [0.05, 0.1) is 16.5 Å². The maximum absolute atomic E-state index is 12.3. The smallest absolute Gasteiger partial charge is 0.211 e. The van der Waals surface area contributed by atoms with Gasteiger partial charge in [0.2, 0.25) is 10.0 Å². The minimum atomic E-state index is -3.58. The van der Waals surface area contributed by atoms with Crippen LogP contribution in [0.1, 0.15) is 38.8 Å². The van der Waals surface area contributed by atoms with Crippen LogP contribution in [0.25, 0.3) is 0 Å². The fourth-order valence-corrected chi connectivity index (χ4v) is 2.98. The summed E-state index contributed by atoms with van der Waals surface area (Å²) in [6, 6.07) is 6.65. The van der Waals surface area contributed by atoms with Crippen LogP contribution in [0.4, 0.5) is 0 Å². The first-order valence-corrected chi connectivity index (χ1v) is 8.06. The quantitative estimate of drug-likeness (QED) is 0.928. The van der Waals surface area contributed by atoms with Gasteiger partial charge < -0.3 is 0 Å². The van der Waals surface area contributed by atoms with E-state index < -0.39 is 10.0 Å². The van der Waals surface area contributed by atoms with Crippen molar-refractivity contribution in [3.63, 3.8) is 0 Å². The largest absolute Gasteiger partial charge is 0.240 e. The predicted octanol–water partition coefficient (Wildman–Crippen LogP) is 2.83. The molecule has 0 amide bonds. The van der Waals surface area contributed by atoms with Gasteiger partial charge in [0, 0.05) is 6.54 Å². The Balaban J connectivity index is 2.98. The number of sulfonamides is 1. The molecule has 0 aliphatic rings. The monoisotopic (exact) mass is 294 g/mol. The zero-order valence-corrected chi connectivity index (χ0v) is 13.5. The molecule has 1 aromatic carbocycles. The molecule has 0 bridgehead atoms. The van der Waals surface area contributed by atoms with E-state index in [1.54, 1.807) is 19.1 Å². The van der Waals surface area contributed by atoms with E-state index in [1.165, 1.54) is 6.07 Å². The Morgan fingerprint density at radius 2 is 1.95 bits per heavy atom. The second-order valence-electron chi connectivity index (χ2n) is 6.21. The molecular weight excluding hydrogens is 272 g/mol. The average Bonchev–Trinajstić information content (AvgIpc) is 2.35. The molecule has 20 heavy (non-hydrogen) atoms. The van der Waals surface area contributed by atoms with E-state index in [2.05, 4.69) is 25.5 Å². The van der Waals surface area contributed by atoms with Crippen LogP contribution in [-0.4, -0.2) is 15.0 Å². The summed E-state index contributed by atoms with van der Waals surface area (Å²) in [5.74, 6) is 0.205. The van der Waals surface area contributed by atoms with Gasteiger partial charge in [-0.25, -0.2) is 13.1 Å². The third-order valence-corrected chi connectivity index (χ3v) is 5.23. The minimum absolute atomic E-state index is 0.0338. The van der Waals surface area contributed by atoms with Gasteiger partial charge in [0.1, 0.15) is 0 Å². The molecule has 1 aromatic rings. The summed E-state index contributed by atoms with van der Waals surface area (Å²) in [5, 5.41) is 8.88. The lowest BCUT2D eigenvalue weighted by Crippen LogP contribution is -2.34. The zero-order chi connectivity index (χ0) is 15.6. The van der Waals surface area contributed by atoms with Crippen LogP contribution >= 0.6 is 0 Å². The van der Waals surface area contributed by atoms with Gasteiger partial charge in [0.25, 0.3) is 0 Å². The molecule has 0 aliphatic carbocycles. The van der Waals surface area contributed by atoms with E-state index in [-0.39, 0.29) is 16.2 Å². The summed E-state index contributed by atoms with van der Waals surface area (Å²) < 4.78 is 27.3. The highest BCUT2D eigenvalue weighted by Crippen LogP contribution is 2.25. The molecule has 4 nitrogen and oxygen atoms in total. The lowest BCUT2D eigenvalue weighted by Gasteiger charge is -2.27. The van der Waals surface area contributed by atoms with Gasteiger partial charge >= 0.3 is 0 Å². The first-order valence-electron chi connectivity index (χ1n) is 6.58. The Morgan fingerprint density at radius 3 is 2.45 bits per heavy atom. The summed E-state index contributed by atoms with van der Waals surface area (Å²) in [4.78, 5) is 0.178.